The first-order valence-corrected chi connectivity index (χ1v) is 10.4. The van der Waals surface area contributed by atoms with Crippen LogP contribution in [0.2, 0.25) is 0 Å². The fraction of sp³-hybridized carbons (Fsp3) is 0.478. The molecule has 2 N–H and O–H groups in total. The number of ether oxygens (including phenoxy) is 3. The molecule has 0 aliphatic rings. The number of benzene rings is 1. The van der Waals surface area contributed by atoms with E-state index in [0.717, 1.165) is 16.5 Å². The van der Waals surface area contributed by atoms with Gasteiger partial charge < -0.3 is 24.6 Å². The minimum atomic E-state index is -1.62. The highest BCUT2D eigenvalue weighted by atomic mass is 16.6. The molecule has 33 heavy (non-hydrogen) atoms. The Kier molecular flexibility index (Phi) is 8.21. The smallest absolute Gasteiger partial charge is 0.419 e. The van der Waals surface area contributed by atoms with E-state index in [2.05, 4.69) is 10.3 Å². The van der Waals surface area contributed by atoms with Gasteiger partial charge in [0.2, 0.25) is 0 Å². The highest BCUT2D eigenvalue weighted by Crippen LogP contribution is 2.19. The van der Waals surface area contributed by atoms with Crippen LogP contribution in [0.3, 0.4) is 0 Å². The van der Waals surface area contributed by atoms with Gasteiger partial charge in [-0.1, -0.05) is 30.3 Å². The molecule has 0 saturated carbocycles. The number of carbonyl (C=O) groups excluding carboxylic acids is 3. The van der Waals surface area contributed by atoms with Crippen molar-refractivity contribution < 1.29 is 33.7 Å². The number of alkyl carbamates (subject to hydrolysis) is 1. The van der Waals surface area contributed by atoms with Crippen LogP contribution in [0.5, 0.6) is 0 Å². The molecule has 0 saturated heterocycles. The number of imidazole rings is 1. The third-order valence-electron chi connectivity index (χ3n) is 3.98. The second-order valence-corrected chi connectivity index (χ2v) is 9.35. The zero-order valence-electron chi connectivity index (χ0n) is 19.7. The van der Waals surface area contributed by atoms with E-state index in [1.807, 2.05) is 6.07 Å². The predicted molar refractivity (Wildman–Crippen MR) is 118 cm³/mol. The largest absolute Gasteiger partial charge is 0.459 e. The van der Waals surface area contributed by atoms with Crippen LogP contribution in [0.15, 0.2) is 42.9 Å². The SMILES string of the molecule is CC(C)(C)OC(=O)N[C@H](C(=O)OCc1ccccc1)[C@@H](O)c1cn(C(=O)OC(C)(C)C)cn1. The van der Waals surface area contributed by atoms with Gasteiger partial charge in [-0.25, -0.2) is 23.9 Å². The summed E-state index contributed by atoms with van der Waals surface area (Å²) < 4.78 is 16.8. The molecule has 0 radical (unpaired) electrons. The lowest BCUT2D eigenvalue weighted by Gasteiger charge is -2.25. The van der Waals surface area contributed by atoms with E-state index in [4.69, 9.17) is 14.2 Å². The van der Waals surface area contributed by atoms with Gasteiger partial charge in [0, 0.05) is 6.20 Å². The molecule has 1 aromatic heterocycles. The number of hydrogen-bond acceptors (Lipinski definition) is 8. The number of nitrogens with one attached hydrogen (secondary N) is 1. The van der Waals surface area contributed by atoms with Gasteiger partial charge in [-0.05, 0) is 47.1 Å². The highest BCUT2D eigenvalue weighted by Gasteiger charge is 2.34. The molecule has 2 rings (SSSR count). The number of carbonyl (C=O) groups is 3. The van der Waals surface area contributed by atoms with E-state index in [-0.39, 0.29) is 12.3 Å². The molecular weight excluding hydrogens is 430 g/mol. The minimum Gasteiger partial charge on any atom is -0.459 e. The summed E-state index contributed by atoms with van der Waals surface area (Å²) >= 11 is 0. The molecule has 2 aromatic rings. The van der Waals surface area contributed by atoms with Gasteiger partial charge in [0.05, 0.1) is 5.69 Å². The topological polar surface area (TPSA) is 129 Å². The molecule has 1 heterocycles. The monoisotopic (exact) mass is 461 g/mol. The van der Waals surface area contributed by atoms with Gasteiger partial charge in [0.1, 0.15) is 30.2 Å². The molecule has 0 unspecified atom stereocenters. The summed E-state index contributed by atoms with van der Waals surface area (Å²) in [6, 6.07) is 7.40. The van der Waals surface area contributed by atoms with E-state index in [0.29, 0.717) is 0 Å². The van der Waals surface area contributed by atoms with E-state index >= 15 is 0 Å². The standard InChI is InChI=1S/C23H31N3O7/c1-22(2,3)32-20(29)25-17(19(28)31-13-15-10-8-7-9-11-15)18(27)16-12-26(14-24-16)21(30)33-23(4,5)6/h7-12,14,17-18,27H,13H2,1-6H3,(H,25,29)/t17-,18-/m0/s1. The van der Waals surface area contributed by atoms with Gasteiger partial charge in [0.15, 0.2) is 6.04 Å². The fourth-order valence-corrected chi connectivity index (χ4v) is 2.60. The lowest BCUT2D eigenvalue weighted by atomic mass is 10.1. The maximum atomic E-state index is 12.8. The van der Waals surface area contributed by atoms with Gasteiger partial charge in [-0.3, -0.25) is 0 Å². The number of aliphatic hydroxyl groups is 1. The summed E-state index contributed by atoms with van der Waals surface area (Å²) in [4.78, 5) is 41.3. The number of aromatic nitrogens is 2. The normalized spacial score (nSPS) is 13.5. The van der Waals surface area contributed by atoms with Crippen molar-refractivity contribution in [2.75, 3.05) is 0 Å². The van der Waals surface area contributed by atoms with Gasteiger partial charge in [0.25, 0.3) is 0 Å². The van der Waals surface area contributed by atoms with Crippen LogP contribution in [-0.4, -0.2) is 50.1 Å². The number of hydrogen-bond donors (Lipinski definition) is 2. The Morgan fingerprint density at radius 2 is 1.64 bits per heavy atom. The second kappa shape index (κ2) is 10.5. The third-order valence-corrected chi connectivity index (χ3v) is 3.98. The van der Waals surface area contributed by atoms with Crippen LogP contribution in [0.4, 0.5) is 9.59 Å². The summed E-state index contributed by atoms with van der Waals surface area (Å²) in [7, 11) is 0. The van der Waals surface area contributed by atoms with Crippen LogP contribution in [0.25, 0.3) is 0 Å². The minimum absolute atomic E-state index is 0.0430. The van der Waals surface area contributed by atoms with E-state index in [1.54, 1.807) is 65.8 Å². The maximum absolute atomic E-state index is 12.8. The van der Waals surface area contributed by atoms with Crippen molar-refractivity contribution in [3.63, 3.8) is 0 Å². The number of rotatable bonds is 6. The van der Waals surface area contributed by atoms with E-state index in [9.17, 15) is 19.5 Å². The van der Waals surface area contributed by atoms with Crippen LogP contribution >= 0.6 is 0 Å². The van der Waals surface area contributed by atoms with Crippen molar-refractivity contribution in [3.8, 4) is 0 Å². The molecule has 0 spiro atoms. The zero-order valence-corrected chi connectivity index (χ0v) is 19.7. The molecule has 180 valence electrons. The van der Waals surface area contributed by atoms with Crippen molar-refractivity contribution in [1.29, 1.82) is 0 Å². The Balaban J connectivity index is 2.20. The first-order chi connectivity index (χ1) is 15.2. The van der Waals surface area contributed by atoms with Crippen molar-refractivity contribution in [2.24, 2.45) is 0 Å². The Labute approximate surface area is 192 Å². The quantitative estimate of drug-likeness (QED) is 0.495. The molecule has 0 aliphatic heterocycles. The van der Waals surface area contributed by atoms with Crippen LogP contribution in [-0.2, 0) is 25.6 Å². The molecular formula is C23H31N3O7. The van der Waals surface area contributed by atoms with Crippen LogP contribution < -0.4 is 5.32 Å². The summed E-state index contributed by atoms with van der Waals surface area (Å²) in [5.74, 6) is -0.899. The number of aliphatic hydroxyl groups excluding tert-OH is 1. The summed E-state index contributed by atoms with van der Waals surface area (Å²) in [5.41, 5.74) is -0.877. The lowest BCUT2D eigenvalue weighted by Crippen LogP contribution is -2.47. The van der Waals surface area contributed by atoms with E-state index < -0.39 is 41.5 Å². The van der Waals surface area contributed by atoms with Crippen molar-refractivity contribution in [1.82, 2.24) is 14.9 Å². The average molecular weight is 462 g/mol. The molecule has 10 heteroatoms. The molecule has 1 aromatic carbocycles. The summed E-state index contributed by atoms with van der Waals surface area (Å²) in [6.45, 7) is 10.0. The predicted octanol–water partition coefficient (Wildman–Crippen LogP) is 3.34. The maximum Gasteiger partial charge on any atom is 0.419 e. The zero-order chi connectivity index (χ0) is 24.8. The Bertz CT molecular complexity index is 958. The fourth-order valence-electron chi connectivity index (χ4n) is 2.60. The molecule has 10 nitrogen and oxygen atoms in total. The average Bonchev–Trinajstić information content (AvgIpc) is 3.18. The van der Waals surface area contributed by atoms with Crippen molar-refractivity contribution >= 4 is 18.2 Å². The third kappa shape index (κ3) is 8.57. The number of esters is 1. The molecule has 1 amide bonds. The highest BCUT2D eigenvalue weighted by molar-refractivity contribution is 5.82. The van der Waals surface area contributed by atoms with Gasteiger partial charge in [-0.15, -0.1) is 0 Å². The number of nitrogens with zero attached hydrogens (tertiary/aromatic N) is 2. The summed E-state index contributed by atoms with van der Waals surface area (Å²) in [5, 5.41) is 13.2. The van der Waals surface area contributed by atoms with Crippen molar-refractivity contribution in [3.05, 3.63) is 54.1 Å². The van der Waals surface area contributed by atoms with Crippen LogP contribution in [0.1, 0.15) is 58.9 Å². The van der Waals surface area contributed by atoms with Crippen molar-refractivity contribution in [2.45, 2.75) is 71.5 Å². The first kappa shape index (κ1) is 25.9. The Morgan fingerprint density at radius 3 is 2.21 bits per heavy atom. The van der Waals surface area contributed by atoms with Gasteiger partial charge in [-0.2, -0.15) is 0 Å². The second-order valence-electron chi connectivity index (χ2n) is 9.35. The number of amides is 1. The molecule has 2 atom stereocenters. The molecule has 0 aliphatic carbocycles. The summed E-state index contributed by atoms with van der Waals surface area (Å²) in [6.07, 6.45) is -0.893. The Morgan fingerprint density at radius 1 is 1.03 bits per heavy atom. The Hall–Kier alpha value is -3.40. The first-order valence-electron chi connectivity index (χ1n) is 10.4. The molecule has 0 bridgehead atoms. The van der Waals surface area contributed by atoms with E-state index in [1.165, 1.54) is 6.20 Å². The lowest BCUT2D eigenvalue weighted by molar-refractivity contribution is -0.150. The molecule has 0 fully saturated rings. The van der Waals surface area contributed by atoms with Gasteiger partial charge >= 0.3 is 18.2 Å². The van der Waals surface area contributed by atoms with Crippen LogP contribution in [0, 0.1) is 0 Å².